The molecule has 58 valence electrons. The van der Waals surface area contributed by atoms with Gasteiger partial charge >= 0.3 is 11.9 Å². The molecule has 0 radical (unpaired) electrons. The van der Waals surface area contributed by atoms with Crippen molar-refractivity contribution >= 4 is 24.6 Å². The SMILES string of the molecule is COC(=O)COC(=O)CS. The quantitative estimate of drug-likeness (QED) is 0.457. The summed E-state index contributed by atoms with van der Waals surface area (Å²) in [5.74, 6) is -1.14. The van der Waals surface area contributed by atoms with Crippen molar-refractivity contribution in [2.45, 2.75) is 0 Å². The maximum absolute atomic E-state index is 10.3. The van der Waals surface area contributed by atoms with Gasteiger partial charge in [-0.2, -0.15) is 12.6 Å². The molecule has 5 heteroatoms. The summed E-state index contributed by atoms with van der Waals surface area (Å²) < 4.78 is 8.56. The van der Waals surface area contributed by atoms with Crippen molar-refractivity contribution in [1.82, 2.24) is 0 Å². The second kappa shape index (κ2) is 5.10. The lowest BCUT2D eigenvalue weighted by Crippen LogP contribution is -2.15. The summed E-state index contributed by atoms with van der Waals surface area (Å²) in [7, 11) is 1.22. The van der Waals surface area contributed by atoms with E-state index in [1.165, 1.54) is 7.11 Å². The van der Waals surface area contributed by atoms with Gasteiger partial charge in [0.05, 0.1) is 12.9 Å². The van der Waals surface area contributed by atoms with E-state index in [2.05, 4.69) is 22.1 Å². The second-order valence-corrected chi connectivity index (χ2v) is 1.71. The highest BCUT2D eigenvalue weighted by molar-refractivity contribution is 7.81. The minimum atomic E-state index is -0.574. The third-order valence-corrected chi connectivity index (χ3v) is 0.966. The van der Waals surface area contributed by atoms with Crippen LogP contribution < -0.4 is 0 Å². The monoisotopic (exact) mass is 164 g/mol. The first kappa shape index (κ1) is 9.29. The van der Waals surface area contributed by atoms with Gasteiger partial charge in [-0.15, -0.1) is 0 Å². The molecule has 0 spiro atoms. The first-order chi connectivity index (χ1) is 4.70. The third kappa shape index (κ3) is 4.20. The van der Waals surface area contributed by atoms with E-state index in [-0.39, 0.29) is 12.4 Å². The molecule has 0 aromatic rings. The largest absolute Gasteiger partial charge is 0.466 e. The summed E-state index contributed by atoms with van der Waals surface area (Å²) in [5.41, 5.74) is 0. The third-order valence-electron chi connectivity index (χ3n) is 0.708. The molecule has 0 amide bonds. The maximum atomic E-state index is 10.3. The van der Waals surface area contributed by atoms with Crippen LogP contribution in [0.5, 0.6) is 0 Å². The molecule has 0 atom stereocenters. The summed E-state index contributed by atoms with van der Waals surface area (Å²) in [6.07, 6.45) is 0. The molecule has 0 aromatic carbocycles. The normalized spacial score (nSPS) is 8.60. The van der Waals surface area contributed by atoms with Crippen molar-refractivity contribution in [1.29, 1.82) is 0 Å². The Bertz CT molecular complexity index is 118. The van der Waals surface area contributed by atoms with Crippen LogP contribution in [-0.4, -0.2) is 31.4 Å². The van der Waals surface area contributed by atoms with Gasteiger partial charge < -0.3 is 9.47 Å². The molecule has 10 heavy (non-hydrogen) atoms. The molecule has 0 heterocycles. The maximum Gasteiger partial charge on any atom is 0.344 e. The number of carbonyl (C=O) groups excluding carboxylic acids is 2. The van der Waals surface area contributed by atoms with Crippen molar-refractivity contribution in [3.8, 4) is 0 Å². The Kier molecular flexibility index (Phi) is 4.74. The van der Waals surface area contributed by atoms with Gasteiger partial charge in [-0.25, -0.2) is 4.79 Å². The van der Waals surface area contributed by atoms with Crippen LogP contribution in [0.25, 0.3) is 0 Å². The van der Waals surface area contributed by atoms with Gasteiger partial charge in [0.2, 0.25) is 0 Å². The fraction of sp³-hybridized carbons (Fsp3) is 0.600. The topological polar surface area (TPSA) is 52.6 Å². The van der Waals surface area contributed by atoms with E-state index in [4.69, 9.17) is 0 Å². The van der Waals surface area contributed by atoms with E-state index in [1.54, 1.807) is 0 Å². The predicted molar refractivity (Wildman–Crippen MR) is 36.8 cm³/mol. The number of carbonyl (C=O) groups is 2. The molecule has 0 unspecified atom stereocenters. The number of methoxy groups -OCH3 is 1. The average Bonchev–Trinajstić information content (AvgIpc) is 1.99. The first-order valence-electron chi connectivity index (χ1n) is 2.54. The number of thiol groups is 1. The Hall–Kier alpha value is -0.710. The summed E-state index contributed by atoms with van der Waals surface area (Å²) in [6.45, 7) is -0.337. The van der Waals surface area contributed by atoms with Gasteiger partial charge in [0.25, 0.3) is 0 Å². The number of hydrogen-bond donors (Lipinski definition) is 1. The van der Waals surface area contributed by atoms with E-state index in [9.17, 15) is 9.59 Å². The molecule has 0 aliphatic heterocycles. The Balaban J connectivity index is 3.35. The Morgan fingerprint density at radius 3 is 2.40 bits per heavy atom. The molecule has 0 aliphatic rings. The minimum Gasteiger partial charge on any atom is -0.466 e. The molecule has 0 aliphatic carbocycles. The molecule has 0 saturated carbocycles. The van der Waals surface area contributed by atoms with Crippen molar-refractivity contribution in [2.24, 2.45) is 0 Å². The predicted octanol–water partition coefficient (Wildman–Crippen LogP) is -0.368. The highest BCUT2D eigenvalue weighted by atomic mass is 32.1. The second-order valence-electron chi connectivity index (χ2n) is 1.39. The van der Waals surface area contributed by atoms with Crippen LogP contribution in [0.1, 0.15) is 0 Å². The summed E-state index contributed by atoms with van der Waals surface area (Å²) in [5, 5.41) is 0. The zero-order valence-corrected chi connectivity index (χ0v) is 6.39. The zero-order chi connectivity index (χ0) is 7.98. The Morgan fingerprint density at radius 1 is 1.40 bits per heavy atom. The lowest BCUT2D eigenvalue weighted by atomic mass is 10.7. The minimum absolute atomic E-state index is 0.0308. The van der Waals surface area contributed by atoms with Crippen molar-refractivity contribution in [2.75, 3.05) is 19.5 Å². The van der Waals surface area contributed by atoms with Crippen LogP contribution in [0.2, 0.25) is 0 Å². The number of hydrogen-bond acceptors (Lipinski definition) is 5. The lowest BCUT2D eigenvalue weighted by molar-refractivity contribution is -0.155. The molecular formula is C5H8O4S. The lowest BCUT2D eigenvalue weighted by Gasteiger charge is -1.99. The van der Waals surface area contributed by atoms with E-state index in [1.807, 2.05) is 0 Å². The number of rotatable bonds is 3. The highest BCUT2D eigenvalue weighted by Gasteiger charge is 2.03. The highest BCUT2D eigenvalue weighted by Crippen LogP contribution is 1.83. The average molecular weight is 164 g/mol. The molecule has 0 rings (SSSR count). The number of ether oxygens (including phenoxy) is 2. The summed E-state index contributed by atoms with van der Waals surface area (Å²) in [6, 6.07) is 0. The van der Waals surface area contributed by atoms with Gasteiger partial charge in [0.15, 0.2) is 6.61 Å². The van der Waals surface area contributed by atoms with Crippen molar-refractivity contribution in [3.63, 3.8) is 0 Å². The van der Waals surface area contributed by atoms with Crippen LogP contribution in [0.4, 0.5) is 0 Å². The molecule has 0 aromatic heterocycles. The van der Waals surface area contributed by atoms with Gasteiger partial charge in [-0.05, 0) is 0 Å². The van der Waals surface area contributed by atoms with Gasteiger partial charge in [-0.3, -0.25) is 4.79 Å². The first-order valence-corrected chi connectivity index (χ1v) is 3.17. The van der Waals surface area contributed by atoms with Gasteiger partial charge in [0.1, 0.15) is 0 Å². The fourth-order valence-corrected chi connectivity index (χ4v) is 0.335. The van der Waals surface area contributed by atoms with Crippen LogP contribution in [0.15, 0.2) is 0 Å². The zero-order valence-electron chi connectivity index (χ0n) is 5.49. The summed E-state index contributed by atoms with van der Waals surface area (Å²) >= 11 is 3.62. The van der Waals surface area contributed by atoms with Crippen LogP contribution in [0, 0.1) is 0 Å². The molecule has 0 saturated heterocycles. The molecule has 0 bridgehead atoms. The van der Waals surface area contributed by atoms with Gasteiger partial charge in [-0.1, -0.05) is 0 Å². The van der Waals surface area contributed by atoms with Crippen molar-refractivity contribution < 1.29 is 19.1 Å². The number of esters is 2. The van der Waals surface area contributed by atoms with E-state index >= 15 is 0 Å². The van der Waals surface area contributed by atoms with E-state index in [0.29, 0.717) is 0 Å². The van der Waals surface area contributed by atoms with Gasteiger partial charge in [0, 0.05) is 0 Å². The summed E-state index contributed by atoms with van der Waals surface area (Å²) in [4.78, 5) is 20.6. The van der Waals surface area contributed by atoms with E-state index in [0.717, 1.165) is 0 Å². The van der Waals surface area contributed by atoms with E-state index < -0.39 is 11.9 Å². The molecule has 0 fully saturated rings. The van der Waals surface area contributed by atoms with Crippen LogP contribution >= 0.6 is 12.6 Å². The Morgan fingerprint density at radius 2 is 2.00 bits per heavy atom. The standard InChI is InChI=1S/C5H8O4S/c1-8-4(6)2-9-5(7)3-10/h10H,2-3H2,1H3. The van der Waals surface area contributed by atoms with Crippen LogP contribution in [0.3, 0.4) is 0 Å². The smallest absolute Gasteiger partial charge is 0.344 e. The molecule has 0 N–H and O–H groups in total. The Labute approximate surface area is 63.9 Å². The molecular weight excluding hydrogens is 156 g/mol. The van der Waals surface area contributed by atoms with Crippen molar-refractivity contribution in [3.05, 3.63) is 0 Å². The molecule has 4 nitrogen and oxygen atoms in total. The van der Waals surface area contributed by atoms with Crippen LogP contribution in [-0.2, 0) is 19.1 Å². The fourth-order valence-electron chi connectivity index (χ4n) is 0.244.